The zero-order valence-electron chi connectivity index (χ0n) is 13.9. The third-order valence-corrected chi connectivity index (χ3v) is 5.37. The van der Waals surface area contributed by atoms with Crippen molar-refractivity contribution >= 4 is 11.3 Å². The first-order chi connectivity index (χ1) is 11.1. The predicted octanol–water partition coefficient (Wildman–Crippen LogP) is 2.49. The molecule has 0 spiro atoms. The zero-order valence-corrected chi connectivity index (χ0v) is 14.7. The van der Waals surface area contributed by atoms with Gasteiger partial charge in [-0.05, 0) is 45.0 Å². The van der Waals surface area contributed by atoms with Crippen molar-refractivity contribution in [2.24, 2.45) is 5.92 Å². The average Bonchev–Trinajstić information content (AvgIpc) is 3.23. The van der Waals surface area contributed by atoms with Crippen LogP contribution in [0.25, 0.3) is 0 Å². The number of aliphatic hydroxyl groups excluding tert-OH is 1. The Morgan fingerprint density at radius 3 is 2.96 bits per heavy atom. The molecule has 0 aliphatic carbocycles. The summed E-state index contributed by atoms with van der Waals surface area (Å²) in [7, 11) is 2.20. The lowest BCUT2D eigenvalue weighted by molar-refractivity contribution is 0.226. The van der Waals surface area contributed by atoms with Crippen molar-refractivity contribution in [3.05, 3.63) is 39.7 Å². The van der Waals surface area contributed by atoms with Gasteiger partial charge in [0.2, 0.25) is 0 Å². The van der Waals surface area contributed by atoms with E-state index in [0.29, 0.717) is 11.7 Å². The number of likely N-dealkylation sites (tertiary alicyclic amines) is 1. The van der Waals surface area contributed by atoms with Gasteiger partial charge in [0.1, 0.15) is 18.1 Å². The molecule has 5 nitrogen and oxygen atoms in total. The Bertz CT molecular complexity index is 625. The number of furan rings is 1. The molecule has 126 valence electrons. The lowest BCUT2D eigenvalue weighted by Gasteiger charge is -2.21. The fraction of sp³-hybridized carbons (Fsp3) is 0.588. The van der Waals surface area contributed by atoms with Gasteiger partial charge in [0, 0.05) is 24.5 Å². The van der Waals surface area contributed by atoms with Gasteiger partial charge in [-0.3, -0.25) is 4.90 Å². The predicted molar refractivity (Wildman–Crippen MR) is 91.2 cm³/mol. The van der Waals surface area contributed by atoms with Crippen molar-refractivity contribution in [2.75, 3.05) is 26.7 Å². The SMILES string of the molecule is Cc1ncsc1CN(C)CC1CCN(Cc2ccc(CO)o2)C1. The van der Waals surface area contributed by atoms with Gasteiger partial charge in [0.15, 0.2) is 0 Å². The molecule has 3 heterocycles. The first-order valence-corrected chi connectivity index (χ1v) is 9.00. The zero-order chi connectivity index (χ0) is 16.2. The van der Waals surface area contributed by atoms with E-state index in [4.69, 9.17) is 9.52 Å². The number of hydrogen-bond donors (Lipinski definition) is 1. The van der Waals surface area contributed by atoms with Crippen LogP contribution < -0.4 is 0 Å². The number of nitrogens with zero attached hydrogens (tertiary/aromatic N) is 3. The maximum absolute atomic E-state index is 9.06. The van der Waals surface area contributed by atoms with E-state index in [1.54, 1.807) is 11.3 Å². The summed E-state index contributed by atoms with van der Waals surface area (Å²) in [5.41, 5.74) is 3.09. The normalized spacial score (nSPS) is 19.0. The molecule has 2 aromatic heterocycles. The van der Waals surface area contributed by atoms with E-state index in [1.807, 2.05) is 17.6 Å². The van der Waals surface area contributed by atoms with Crippen LogP contribution in [0.5, 0.6) is 0 Å². The van der Waals surface area contributed by atoms with E-state index < -0.39 is 0 Å². The summed E-state index contributed by atoms with van der Waals surface area (Å²) in [6.07, 6.45) is 1.24. The standard InChI is InChI=1S/C17H25N3O2S/c1-13-17(23-12-18-13)10-19(2)7-14-5-6-20(8-14)9-15-3-4-16(11-21)22-15/h3-4,12,14,21H,5-11H2,1-2H3. The molecule has 0 amide bonds. The van der Waals surface area contributed by atoms with Gasteiger partial charge in [0.05, 0.1) is 17.7 Å². The Balaban J connectivity index is 1.45. The topological polar surface area (TPSA) is 52.7 Å². The molecule has 1 unspecified atom stereocenters. The highest BCUT2D eigenvalue weighted by Crippen LogP contribution is 2.22. The Kier molecular flexibility index (Phi) is 5.48. The van der Waals surface area contributed by atoms with Gasteiger partial charge < -0.3 is 14.4 Å². The summed E-state index contributed by atoms with van der Waals surface area (Å²) in [6.45, 7) is 7.24. The molecule has 1 N–H and O–H groups in total. The number of thiazole rings is 1. The largest absolute Gasteiger partial charge is 0.462 e. The van der Waals surface area contributed by atoms with Crippen LogP contribution in [0.1, 0.15) is 28.5 Å². The van der Waals surface area contributed by atoms with Gasteiger partial charge >= 0.3 is 0 Å². The molecule has 0 saturated carbocycles. The lowest BCUT2D eigenvalue weighted by Crippen LogP contribution is -2.27. The van der Waals surface area contributed by atoms with Gasteiger partial charge in [-0.25, -0.2) is 4.98 Å². The minimum Gasteiger partial charge on any atom is -0.462 e. The second-order valence-corrected chi connectivity index (χ2v) is 7.41. The monoisotopic (exact) mass is 335 g/mol. The molecular formula is C17H25N3O2S. The van der Waals surface area contributed by atoms with E-state index in [1.165, 1.54) is 11.3 Å². The third kappa shape index (κ3) is 4.41. The molecule has 1 atom stereocenters. The Labute approximate surface area is 141 Å². The van der Waals surface area contributed by atoms with Gasteiger partial charge in [-0.15, -0.1) is 11.3 Å². The quantitative estimate of drug-likeness (QED) is 0.842. The van der Waals surface area contributed by atoms with Crippen molar-refractivity contribution in [1.29, 1.82) is 0 Å². The molecule has 2 aromatic rings. The summed E-state index contributed by atoms with van der Waals surface area (Å²) >= 11 is 1.75. The average molecular weight is 335 g/mol. The number of rotatable bonds is 7. The summed E-state index contributed by atoms with van der Waals surface area (Å²) in [5.74, 6) is 2.30. The molecule has 1 fully saturated rings. The van der Waals surface area contributed by atoms with Crippen molar-refractivity contribution in [3.8, 4) is 0 Å². The van der Waals surface area contributed by atoms with E-state index in [2.05, 4.69) is 28.8 Å². The van der Waals surface area contributed by atoms with Crippen LogP contribution in [0, 0.1) is 12.8 Å². The summed E-state index contributed by atoms with van der Waals surface area (Å²) in [4.78, 5) is 10.5. The van der Waals surface area contributed by atoms with E-state index in [9.17, 15) is 0 Å². The number of aliphatic hydroxyl groups is 1. The fourth-order valence-electron chi connectivity index (χ4n) is 3.25. The first-order valence-electron chi connectivity index (χ1n) is 8.12. The highest BCUT2D eigenvalue weighted by molar-refractivity contribution is 7.09. The van der Waals surface area contributed by atoms with E-state index in [0.717, 1.165) is 44.2 Å². The van der Waals surface area contributed by atoms with Gasteiger partial charge in [-0.2, -0.15) is 0 Å². The molecule has 0 bridgehead atoms. The Morgan fingerprint density at radius 1 is 1.43 bits per heavy atom. The summed E-state index contributed by atoms with van der Waals surface area (Å²) < 4.78 is 5.59. The molecule has 0 aromatic carbocycles. The van der Waals surface area contributed by atoms with Gasteiger partial charge in [-0.1, -0.05) is 0 Å². The van der Waals surface area contributed by atoms with Crippen molar-refractivity contribution in [2.45, 2.75) is 33.0 Å². The van der Waals surface area contributed by atoms with Crippen molar-refractivity contribution in [3.63, 3.8) is 0 Å². The number of aromatic nitrogens is 1. The highest BCUT2D eigenvalue weighted by atomic mass is 32.1. The summed E-state index contributed by atoms with van der Waals surface area (Å²) in [6, 6.07) is 3.83. The van der Waals surface area contributed by atoms with Crippen LogP contribution in [0.3, 0.4) is 0 Å². The van der Waals surface area contributed by atoms with Crippen LogP contribution in [-0.4, -0.2) is 46.6 Å². The number of aryl methyl sites for hydroxylation is 1. The maximum atomic E-state index is 9.06. The lowest BCUT2D eigenvalue weighted by atomic mass is 10.1. The van der Waals surface area contributed by atoms with Gasteiger partial charge in [0.25, 0.3) is 0 Å². The first kappa shape index (κ1) is 16.6. The molecule has 1 aliphatic heterocycles. The summed E-state index contributed by atoms with van der Waals surface area (Å²) in [5, 5.41) is 9.06. The molecule has 0 radical (unpaired) electrons. The maximum Gasteiger partial charge on any atom is 0.129 e. The second kappa shape index (κ2) is 7.57. The fourth-order valence-corrected chi connectivity index (χ4v) is 4.10. The molecule has 3 rings (SSSR count). The number of hydrogen-bond acceptors (Lipinski definition) is 6. The molecule has 1 saturated heterocycles. The Morgan fingerprint density at radius 2 is 2.26 bits per heavy atom. The molecule has 6 heteroatoms. The van der Waals surface area contributed by atoms with Crippen LogP contribution in [-0.2, 0) is 19.7 Å². The van der Waals surface area contributed by atoms with Crippen LogP contribution in [0.2, 0.25) is 0 Å². The van der Waals surface area contributed by atoms with Crippen LogP contribution in [0.15, 0.2) is 22.1 Å². The molecule has 23 heavy (non-hydrogen) atoms. The molecule has 1 aliphatic rings. The smallest absolute Gasteiger partial charge is 0.129 e. The van der Waals surface area contributed by atoms with Crippen molar-refractivity contribution in [1.82, 2.24) is 14.8 Å². The molecular weight excluding hydrogens is 310 g/mol. The Hall–Kier alpha value is -1.21. The van der Waals surface area contributed by atoms with Crippen molar-refractivity contribution < 1.29 is 9.52 Å². The van der Waals surface area contributed by atoms with Crippen LogP contribution >= 0.6 is 11.3 Å². The van der Waals surface area contributed by atoms with E-state index in [-0.39, 0.29) is 6.61 Å². The third-order valence-electron chi connectivity index (χ3n) is 4.45. The minimum absolute atomic E-state index is 0.0234. The minimum atomic E-state index is -0.0234. The highest BCUT2D eigenvalue weighted by Gasteiger charge is 2.24. The second-order valence-electron chi connectivity index (χ2n) is 6.47. The van der Waals surface area contributed by atoms with Crippen LogP contribution in [0.4, 0.5) is 0 Å². The van der Waals surface area contributed by atoms with E-state index >= 15 is 0 Å².